The highest BCUT2D eigenvalue weighted by atomic mass is 35.5. The van der Waals surface area contributed by atoms with Gasteiger partial charge in [-0.25, -0.2) is 14.5 Å². The number of nitrogens with zero attached hydrogens (tertiary/aromatic N) is 5. The maximum absolute atomic E-state index is 12.3. The number of carbonyl (C=O) groups is 2. The van der Waals surface area contributed by atoms with E-state index < -0.39 is 11.9 Å². The molecule has 0 bridgehead atoms. The van der Waals surface area contributed by atoms with E-state index in [1.54, 1.807) is 18.2 Å². The van der Waals surface area contributed by atoms with E-state index in [0.717, 1.165) is 10.2 Å². The van der Waals surface area contributed by atoms with Gasteiger partial charge in [0.25, 0.3) is 5.91 Å². The first-order valence-electron chi connectivity index (χ1n) is 7.25. The van der Waals surface area contributed by atoms with Gasteiger partial charge in [0.05, 0.1) is 28.4 Å². The summed E-state index contributed by atoms with van der Waals surface area (Å²) in [6.07, 6.45) is 2.60. The molecule has 3 aromatic rings. The molecule has 11 heteroatoms. The van der Waals surface area contributed by atoms with Crippen molar-refractivity contribution in [1.29, 1.82) is 0 Å². The fourth-order valence-corrected chi connectivity index (χ4v) is 2.60. The predicted molar refractivity (Wildman–Crippen MR) is 93.7 cm³/mol. The van der Waals surface area contributed by atoms with Gasteiger partial charge in [0, 0.05) is 7.05 Å². The highest BCUT2D eigenvalue weighted by molar-refractivity contribution is 6.42. The Morgan fingerprint density at radius 1 is 1.27 bits per heavy atom. The number of nitrogens with one attached hydrogen (secondary N) is 1. The molecular weight excluding hydrogens is 383 g/mol. The summed E-state index contributed by atoms with van der Waals surface area (Å²) in [6, 6.07) is 5.18. The fraction of sp³-hybridized carbons (Fsp3) is 0.133. The van der Waals surface area contributed by atoms with Crippen LogP contribution in [0, 0.1) is 0 Å². The first kappa shape index (κ1) is 17.9. The third kappa shape index (κ3) is 3.68. The van der Waals surface area contributed by atoms with Crippen LogP contribution in [0.1, 0.15) is 26.4 Å². The van der Waals surface area contributed by atoms with Crippen molar-refractivity contribution in [3.63, 3.8) is 0 Å². The molecule has 0 saturated heterocycles. The van der Waals surface area contributed by atoms with Gasteiger partial charge in [-0.15, -0.1) is 5.10 Å². The summed E-state index contributed by atoms with van der Waals surface area (Å²) in [5.74, 6) is -1.88. The third-order valence-electron chi connectivity index (χ3n) is 3.48. The molecule has 26 heavy (non-hydrogen) atoms. The van der Waals surface area contributed by atoms with Crippen molar-refractivity contribution in [2.75, 3.05) is 5.32 Å². The molecule has 1 aromatic carbocycles. The molecule has 2 heterocycles. The van der Waals surface area contributed by atoms with Gasteiger partial charge in [-0.3, -0.25) is 14.8 Å². The Labute approximate surface area is 157 Å². The Bertz CT molecular complexity index is 997. The Morgan fingerprint density at radius 3 is 2.73 bits per heavy atom. The number of halogens is 2. The van der Waals surface area contributed by atoms with Gasteiger partial charge in [0.1, 0.15) is 6.33 Å². The highest BCUT2D eigenvalue weighted by Gasteiger charge is 2.22. The largest absolute Gasteiger partial charge is 0.477 e. The van der Waals surface area contributed by atoms with Crippen molar-refractivity contribution < 1.29 is 14.7 Å². The average Bonchev–Trinajstić information content (AvgIpc) is 3.17. The number of carboxylic acids is 1. The lowest BCUT2D eigenvalue weighted by Crippen LogP contribution is -2.18. The molecule has 134 valence electrons. The van der Waals surface area contributed by atoms with E-state index in [9.17, 15) is 9.59 Å². The Hall–Kier alpha value is -2.91. The minimum Gasteiger partial charge on any atom is -0.477 e. The van der Waals surface area contributed by atoms with Gasteiger partial charge < -0.3 is 5.11 Å². The van der Waals surface area contributed by atoms with Crippen molar-refractivity contribution in [3.8, 4) is 0 Å². The van der Waals surface area contributed by atoms with E-state index in [1.807, 2.05) is 0 Å². The van der Waals surface area contributed by atoms with Gasteiger partial charge in [-0.2, -0.15) is 5.10 Å². The number of carbonyl (C=O) groups excluding carboxylic acids is 1. The molecule has 0 unspecified atom stereocenters. The number of amides is 1. The third-order valence-corrected chi connectivity index (χ3v) is 4.22. The molecule has 0 aliphatic carbocycles. The number of benzene rings is 1. The number of hydrogen-bond acceptors (Lipinski definition) is 5. The molecule has 0 atom stereocenters. The van der Waals surface area contributed by atoms with Crippen molar-refractivity contribution in [3.05, 3.63) is 57.6 Å². The summed E-state index contributed by atoms with van der Waals surface area (Å²) in [4.78, 5) is 27.5. The van der Waals surface area contributed by atoms with Crippen LogP contribution in [0.4, 0.5) is 5.95 Å². The lowest BCUT2D eigenvalue weighted by molar-refractivity contribution is 0.0680. The lowest BCUT2D eigenvalue weighted by Gasteiger charge is -2.03. The second kappa shape index (κ2) is 7.14. The van der Waals surface area contributed by atoms with E-state index in [1.165, 1.54) is 24.3 Å². The SMILES string of the molecule is Cn1ncc(C(=O)Nc2ncn(Cc3ccc(Cl)c(Cl)c3)n2)c1C(=O)O. The van der Waals surface area contributed by atoms with Crippen LogP contribution in [-0.4, -0.2) is 41.5 Å². The number of hydrogen-bond donors (Lipinski definition) is 2. The maximum atomic E-state index is 12.3. The average molecular weight is 395 g/mol. The van der Waals surface area contributed by atoms with Gasteiger partial charge >= 0.3 is 5.97 Å². The van der Waals surface area contributed by atoms with Crippen molar-refractivity contribution in [1.82, 2.24) is 24.5 Å². The van der Waals surface area contributed by atoms with E-state index in [0.29, 0.717) is 16.6 Å². The molecule has 2 aromatic heterocycles. The van der Waals surface area contributed by atoms with Gasteiger partial charge in [0.2, 0.25) is 5.95 Å². The molecule has 0 fully saturated rings. The molecular formula is C15H12Cl2N6O3. The van der Waals surface area contributed by atoms with Crippen molar-refractivity contribution >= 4 is 41.0 Å². The molecule has 0 aliphatic heterocycles. The van der Waals surface area contributed by atoms with Crippen LogP contribution in [-0.2, 0) is 13.6 Å². The standard InChI is InChI=1S/C15H12Cl2N6O3/c1-22-12(14(25)26)9(5-19-22)13(24)20-15-18-7-23(21-15)6-8-2-3-10(16)11(17)4-8/h2-5,7H,6H2,1H3,(H,25,26)(H,20,21,24). The van der Waals surface area contributed by atoms with Gasteiger partial charge in [0.15, 0.2) is 5.69 Å². The highest BCUT2D eigenvalue weighted by Crippen LogP contribution is 2.23. The van der Waals surface area contributed by atoms with Crippen molar-refractivity contribution in [2.45, 2.75) is 6.54 Å². The van der Waals surface area contributed by atoms with Crippen LogP contribution in [0.2, 0.25) is 10.0 Å². The van der Waals surface area contributed by atoms with Crippen LogP contribution in [0.5, 0.6) is 0 Å². The number of aromatic carboxylic acids is 1. The summed E-state index contributed by atoms with van der Waals surface area (Å²) in [6.45, 7) is 0.368. The van der Waals surface area contributed by atoms with Crippen LogP contribution < -0.4 is 5.32 Å². The van der Waals surface area contributed by atoms with Crippen LogP contribution in [0.25, 0.3) is 0 Å². The molecule has 0 spiro atoms. The van der Waals surface area contributed by atoms with Gasteiger partial charge in [-0.1, -0.05) is 29.3 Å². The van der Waals surface area contributed by atoms with Crippen LogP contribution in [0.15, 0.2) is 30.7 Å². The number of anilines is 1. The smallest absolute Gasteiger partial charge is 0.354 e. The van der Waals surface area contributed by atoms with Crippen LogP contribution >= 0.6 is 23.2 Å². The second-order valence-corrected chi connectivity index (χ2v) is 6.12. The minimum atomic E-state index is -1.26. The Morgan fingerprint density at radius 2 is 2.04 bits per heavy atom. The molecule has 0 radical (unpaired) electrons. The van der Waals surface area contributed by atoms with Crippen molar-refractivity contribution in [2.24, 2.45) is 7.05 Å². The predicted octanol–water partition coefficient (Wildman–Crippen LogP) is 2.32. The molecule has 3 rings (SSSR count). The zero-order valence-corrected chi connectivity index (χ0v) is 14.9. The quantitative estimate of drug-likeness (QED) is 0.685. The second-order valence-electron chi connectivity index (χ2n) is 5.30. The molecule has 0 saturated carbocycles. The van der Waals surface area contributed by atoms with Gasteiger partial charge in [-0.05, 0) is 17.7 Å². The Balaban J connectivity index is 1.73. The number of aromatic nitrogens is 5. The van der Waals surface area contributed by atoms with E-state index in [-0.39, 0.29) is 17.2 Å². The normalized spacial score (nSPS) is 10.7. The minimum absolute atomic E-state index is 0.0373. The first-order valence-corrected chi connectivity index (χ1v) is 8.00. The summed E-state index contributed by atoms with van der Waals surface area (Å²) >= 11 is 11.9. The topological polar surface area (TPSA) is 115 Å². The number of rotatable bonds is 5. The summed E-state index contributed by atoms with van der Waals surface area (Å²) in [7, 11) is 1.43. The van der Waals surface area contributed by atoms with Crippen LogP contribution in [0.3, 0.4) is 0 Å². The summed E-state index contributed by atoms with van der Waals surface area (Å²) < 4.78 is 2.60. The zero-order chi connectivity index (χ0) is 18.8. The molecule has 0 aliphatic rings. The van der Waals surface area contributed by atoms with E-state index >= 15 is 0 Å². The lowest BCUT2D eigenvalue weighted by atomic mass is 10.2. The molecule has 9 nitrogen and oxygen atoms in total. The fourth-order valence-electron chi connectivity index (χ4n) is 2.28. The Kier molecular flexibility index (Phi) is 4.92. The summed E-state index contributed by atoms with van der Waals surface area (Å²) in [5, 5.41) is 20.4. The molecule has 2 N–H and O–H groups in total. The number of aryl methyl sites for hydroxylation is 1. The first-order chi connectivity index (χ1) is 12.3. The van der Waals surface area contributed by atoms with E-state index in [4.69, 9.17) is 28.3 Å². The number of carboxylic acid groups (broad SMARTS) is 1. The maximum Gasteiger partial charge on any atom is 0.354 e. The molecule has 1 amide bonds. The van der Waals surface area contributed by atoms with E-state index in [2.05, 4.69) is 20.5 Å². The monoisotopic (exact) mass is 394 g/mol. The zero-order valence-electron chi connectivity index (χ0n) is 13.3. The summed E-state index contributed by atoms with van der Waals surface area (Å²) in [5.41, 5.74) is 0.543.